The third kappa shape index (κ3) is 4.64. The monoisotopic (exact) mass is 276 g/mol. The quantitative estimate of drug-likeness (QED) is 0.671. The van der Waals surface area contributed by atoms with Crippen molar-refractivity contribution < 1.29 is 0 Å². The predicted octanol–water partition coefficient (Wildman–Crippen LogP) is 3.95. The zero-order chi connectivity index (χ0) is 12.1. The van der Waals surface area contributed by atoms with E-state index in [9.17, 15) is 0 Å². The minimum Gasteiger partial charge on any atom is -0.379 e. The topological polar surface area (TPSA) is 38.4 Å². The van der Waals surface area contributed by atoms with Gasteiger partial charge in [-0.2, -0.15) is 0 Å². The van der Waals surface area contributed by atoms with E-state index in [0.29, 0.717) is 15.2 Å². The fourth-order valence-electron chi connectivity index (χ4n) is 1.08. The number of benzene rings is 1. The normalized spacial score (nSPS) is 12.2. The number of halogens is 2. The highest BCUT2D eigenvalue weighted by atomic mass is 35.5. The van der Waals surface area contributed by atoms with E-state index in [1.54, 1.807) is 6.07 Å². The van der Waals surface area contributed by atoms with Crippen LogP contribution in [-0.4, -0.2) is 11.2 Å². The van der Waals surface area contributed by atoms with Gasteiger partial charge in [-0.25, -0.2) is 0 Å². The molecule has 0 aliphatic rings. The molecular weight excluding hydrogens is 263 g/mol. The van der Waals surface area contributed by atoms with Crippen LogP contribution in [0.5, 0.6) is 0 Å². The van der Waals surface area contributed by atoms with Gasteiger partial charge in [0.15, 0.2) is 5.17 Å². The number of amidine groups is 1. The van der Waals surface area contributed by atoms with E-state index >= 15 is 0 Å². The summed E-state index contributed by atoms with van der Waals surface area (Å²) in [6.07, 6.45) is 0. The van der Waals surface area contributed by atoms with Crippen molar-refractivity contribution in [1.29, 1.82) is 0 Å². The van der Waals surface area contributed by atoms with Gasteiger partial charge in [0.05, 0.1) is 10.0 Å². The van der Waals surface area contributed by atoms with E-state index in [1.807, 2.05) is 26.0 Å². The Labute approximate surface area is 110 Å². The van der Waals surface area contributed by atoms with E-state index in [2.05, 4.69) is 4.99 Å². The molecule has 2 nitrogen and oxygen atoms in total. The average Bonchev–Trinajstić information content (AvgIpc) is 2.19. The van der Waals surface area contributed by atoms with E-state index in [-0.39, 0.29) is 6.04 Å². The summed E-state index contributed by atoms with van der Waals surface area (Å²) in [6.45, 7) is 3.99. The summed E-state index contributed by atoms with van der Waals surface area (Å²) in [5.41, 5.74) is 6.83. The van der Waals surface area contributed by atoms with E-state index in [4.69, 9.17) is 28.9 Å². The first-order valence-corrected chi connectivity index (χ1v) is 6.63. The molecule has 0 unspecified atom stereocenters. The standard InChI is InChI=1S/C11H14Cl2N2S/c1-7(2)15-11(14)16-6-8-3-4-9(12)10(13)5-8/h3-5,7H,6H2,1-2H3,(H2,14,15). The van der Waals surface area contributed by atoms with Gasteiger partial charge in [-0.15, -0.1) is 0 Å². The van der Waals surface area contributed by atoms with Gasteiger partial charge in [-0.1, -0.05) is 41.0 Å². The Morgan fingerprint density at radius 3 is 2.62 bits per heavy atom. The van der Waals surface area contributed by atoms with Gasteiger partial charge in [0.1, 0.15) is 0 Å². The van der Waals surface area contributed by atoms with Gasteiger partial charge in [0.25, 0.3) is 0 Å². The summed E-state index contributed by atoms with van der Waals surface area (Å²) in [7, 11) is 0. The molecule has 0 atom stereocenters. The van der Waals surface area contributed by atoms with Crippen LogP contribution in [0.1, 0.15) is 19.4 Å². The zero-order valence-corrected chi connectivity index (χ0v) is 11.5. The Kier molecular flexibility index (Phi) is 5.46. The van der Waals surface area contributed by atoms with Gasteiger partial charge in [0.2, 0.25) is 0 Å². The molecular formula is C11H14Cl2N2S. The van der Waals surface area contributed by atoms with Gasteiger partial charge in [0, 0.05) is 11.8 Å². The van der Waals surface area contributed by atoms with Gasteiger partial charge < -0.3 is 5.73 Å². The maximum absolute atomic E-state index is 5.91. The van der Waals surface area contributed by atoms with Gasteiger partial charge >= 0.3 is 0 Å². The lowest BCUT2D eigenvalue weighted by Gasteiger charge is -2.04. The van der Waals surface area contributed by atoms with Gasteiger partial charge in [-0.05, 0) is 31.5 Å². The number of nitrogens with two attached hydrogens (primary N) is 1. The minimum absolute atomic E-state index is 0.223. The molecule has 0 aliphatic carbocycles. The molecule has 0 amide bonds. The first kappa shape index (κ1) is 13.7. The second kappa shape index (κ2) is 6.38. The number of aliphatic imine (C=N–C) groups is 1. The van der Waals surface area contributed by atoms with Crippen LogP contribution in [0.4, 0.5) is 0 Å². The molecule has 0 heterocycles. The Balaban J connectivity index is 2.58. The summed E-state index contributed by atoms with van der Waals surface area (Å²) in [5.74, 6) is 0.749. The molecule has 0 radical (unpaired) electrons. The Morgan fingerprint density at radius 2 is 2.06 bits per heavy atom. The molecule has 1 rings (SSSR count). The first-order valence-electron chi connectivity index (χ1n) is 4.89. The zero-order valence-electron chi connectivity index (χ0n) is 9.21. The maximum Gasteiger partial charge on any atom is 0.154 e. The summed E-state index contributed by atoms with van der Waals surface area (Å²) in [5, 5.41) is 1.74. The molecule has 16 heavy (non-hydrogen) atoms. The molecule has 0 spiro atoms. The van der Waals surface area contributed by atoms with Crippen LogP contribution in [-0.2, 0) is 5.75 Å². The lowest BCUT2D eigenvalue weighted by atomic mass is 10.2. The highest BCUT2D eigenvalue weighted by Crippen LogP contribution is 2.24. The molecule has 5 heteroatoms. The van der Waals surface area contributed by atoms with E-state index in [0.717, 1.165) is 11.3 Å². The molecule has 1 aromatic carbocycles. The van der Waals surface area contributed by atoms with Gasteiger partial charge in [-0.3, -0.25) is 4.99 Å². The second-order valence-electron chi connectivity index (χ2n) is 3.60. The fourth-order valence-corrected chi connectivity index (χ4v) is 2.18. The second-order valence-corrected chi connectivity index (χ2v) is 5.41. The summed E-state index contributed by atoms with van der Waals surface area (Å²) in [6, 6.07) is 5.79. The van der Waals surface area contributed by atoms with Crippen molar-refractivity contribution in [3.8, 4) is 0 Å². The molecule has 0 fully saturated rings. The van der Waals surface area contributed by atoms with Crippen molar-refractivity contribution in [2.45, 2.75) is 25.6 Å². The highest BCUT2D eigenvalue weighted by Gasteiger charge is 2.01. The molecule has 0 bridgehead atoms. The molecule has 2 N–H and O–H groups in total. The SMILES string of the molecule is CC(C)N=C(N)SCc1ccc(Cl)c(Cl)c1. The number of nitrogens with zero attached hydrogens (tertiary/aromatic N) is 1. The third-order valence-electron chi connectivity index (χ3n) is 1.76. The smallest absolute Gasteiger partial charge is 0.154 e. The largest absolute Gasteiger partial charge is 0.379 e. The van der Waals surface area contributed by atoms with Crippen LogP contribution in [0.15, 0.2) is 23.2 Å². The predicted molar refractivity (Wildman–Crippen MR) is 74.5 cm³/mol. The molecule has 0 saturated heterocycles. The van der Waals surface area contributed by atoms with Crippen molar-refractivity contribution >= 4 is 40.1 Å². The maximum atomic E-state index is 5.91. The van der Waals surface area contributed by atoms with Crippen molar-refractivity contribution in [3.05, 3.63) is 33.8 Å². The van der Waals surface area contributed by atoms with Crippen LogP contribution in [0.25, 0.3) is 0 Å². The Bertz CT molecular complexity index is 392. The number of hydrogen-bond donors (Lipinski definition) is 1. The molecule has 88 valence electrons. The lowest BCUT2D eigenvalue weighted by molar-refractivity contribution is 0.838. The molecule has 0 aromatic heterocycles. The number of thioether (sulfide) groups is 1. The first-order chi connectivity index (χ1) is 7.49. The summed E-state index contributed by atoms with van der Waals surface area (Å²) < 4.78 is 0. The van der Waals surface area contributed by atoms with E-state index < -0.39 is 0 Å². The molecule has 1 aromatic rings. The number of rotatable bonds is 3. The Morgan fingerprint density at radius 1 is 1.38 bits per heavy atom. The number of hydrogen-bond acceptors (Lipinski definition) is 2. The molecule has 0 aliphatic heterocycles. The molecule has 0 saturated carbocycles. The summed E-state index contributed by atoms with van der Waals surface area (Å²) >= 11 is 13.2. The fraction of sp³-hybridized carbons (Fsp3) is 0.364. The average molecular weight is 277 g/mol. The Hall–Kier alpha value is -0.380. The van der Waals surface area contributed by atoms with Crippen LogP contribution >= 0.6 is 35.0 Å². The van der Waals surface area contributed by atoms with Crippen LogP contribution in [0.3, 0.4) is 0 Å². The van der Waals surface area contributed by atoms with Crippen molar-refractivity contribution in [2.75, 3.05) is 0 Å². The van der Waals surface area contributed by atoms with Crippen molar-refractivity contribution in [2.24, 2.45) is 10.7 Å². The summed E-state index contributed by atoms with van der Waals surface area (Å²) in [4.78, 5) is 4.23. The van der Waals surface area contributed by atoms with Crippen molar-refractivity contribution in [3.63, 3.8) is 0 Å². The van der Waals surface area contributed by atoms with Crippen LogP contribution in [0.2, 0.25) is 10.0 Å². The minimum atomic E-state index is 0.223. The van der Waals surface area contributed by atoms with Crippen LogP contribution in [0, 0.1) is 0 Å². The van der Waals surface area contributed by atoms with Crippen molar-refractivity contribution in [1.82, 2.24) is 0 Å². The van der Waals surface area contributed by atoms with Crippen LogP contribution < -0.4 is 5.73 Å². The lowest BCUT2D eigenvalue weighted by Crippen LogP contribution is -2.09. The van der Waals surface area contributed by atoms with E-state index in [1.165, 1.54) is 11.8 Å². The third-order valence-corrected chi connectivity index (χ3v) is 3.37. The highest BCUT2D eigenvalue weighted by molar-refractivity contribution is 8.13.